The highest BCUT2D eigenvalue weighted by atomic mass is 32.2. The summed E-state index contributed by atoms with van der Waals surface area (Å²) >= 11 is 1.48. The molecule has 0 spiro atoms. The fraction of sp³-hybridized carbons (Fsp3) is 0.263. The Morgan fingerprint density at radius 1 is 1.20 bits per heavy atom. The van der Waals surface area contributed by atoms with Crippen molar-refractivity contribution in [3.8, 4) is 5.75 Å². The zero-order chi connectivity index (χ0) is 17.8. The maximum absolute atomic E-state index is 11.0. The molecule has 1 aromatic heterocycles. The number of rotatable bonds is 7. The molecule has 0 bridgehead atoms. The first-order valence-electron chi connectivity index (χ1n) is 8.02. The molecule has 0 saturated carbocycles. The second kappa shape index (κ2) is 7.61. The van der Waals surface area contributed by atoms with Gasteiger partial charge in [0, 0.05) is 5.75 Å². The quantitative estimate of drug-likeness (QED) is 0.481. The number of aliphatic carboxylic acids is 1. The summed E-state index contributed by atoms with van der Waals surface area (Å²) in [6, 6.07) is 13.5. The highest BCUT2D eigenvalue weighted by Crippen LogP contribution is 2.24. The summed E-state index contributed by atoms with van der Waals surface area (Å²) in [4.78, 5) is 15.6. The normalized spacial score (nSPS) is 11.0. The van der Waals surface area contributed by atoms with E-state index in [4.69, 9.17) is 4.74 Å². The highest BCUT2D eigenvalue weighted by Gasteiger charge is 2.11. The summed E-state index contributed by atoms with van der Waals surface area (Å²) in [5.41, 5.74) is 4.00. The average Bonchev–Trinajstić information content (AvgIpc) is 2.92. The standard InChI is InChI=1S/C19H20N2O3S/c1-13-7-8-15(11-14(13)2)24-9-10-25-19-20-16-5-3-4-6-17(16)21(19)12-18(22)23/h3-8,11H,9-10,12H2,1-2H3,(H,22,23)/p-1. The van der Waals surface area contributed by atoms with Gasteiger partial charge in [0.15, 0.2) is 5.16 Å². The van der Waals surface area contributed by atoms with Crippen molar-refractivity contribution in [2.75, 3.05) is 12.4 Å². The number of thioether (sulfide) groups is 1. The lowest BCUT2D eigenvalue weighted by Crippen LogP contribution is -2.27. The highest BCUT2D eigenvalue weighted by molar-refractivity contribution is 7.99. The van der Waals surface area contributed by atoms with Gasteiger partial charge in [-0.3, -0.25) is 0 Å². The number of hydrogen-bond donors (Lipinski definition) is 0. The Balaban J connectivity index is 1.66. The van der Waals surface area contributed by atoms with Gasteiger partial charge < -0.3 is 19.2 Å². The number of para-hydroxylation sites is 2. The van der Waals surface area contributed by atoms with Gasteiger partial charge in [-0.05, 0) is 49.2 Å². The minimum Gasteiger partial charge on any atom is -0.548 e. The molecule has 1 heterocycles. The Morgan fingerprint density at radius 3 is 2.76 bits per heavy atom. The SMILES string of the molecule is Cc1ccc(OCCSc2nc3ccccc3n2CC(=O)[O-])cc1C. The van der Waals surface area contributed by atoms with Gasteiger partial charge in [-0.25, -0.2) is 4.98 Å². The molecule has 0 N–H and O–H groups in total. The first-order chi connectivity index (χ1) is 12.0. The van der Waals surface area contributed by atoms with Gasteiger partial charge in [-0.1, -0.05) is 30.0 Å². The summed E-state index contributed by atoms with van der Waals surface area (Å²) in [6.07, 6.45) is 0. The van der Waals surface area contributed by atoms with Crippen molar-refractivity contribution in [3.63, 3.8) is 0 Å². The summed E-state index contributed by atoms with van der Waals surface area (Å²) in [5, 5.41) is 11.7. The second-order valence-electron chi connectivity index (χ2n) is 5.78. The molecule has 2 aromatic carbocycles. The summed E-state index contributed by atoms with van der Waals surface area (Å²) in [5.74, 6) is 0.381. The Labute approximate surface area is 150 Å². The smallest absolute Gasteiger partial charge is 0.169 e. The summed E-state index contributed by atoms with van der Waals surface area (Å²) in [6.45, 7) is 4.43. The van der Waals surface area contributed by atoms with E-state index >= 15 is 0 Å². The van der Waals surface area contributed by atoms with E-state index in [9.17, 15) is 9.90 Å². The molecule has 3 aromatic rings. The van der Waals surface area contributed by atoms with Gasteiger partial charge >= 0.3 is 0 Å². The molecule has 0 aliphatic heterocycles. The van der Waals surface area contributed by atoms with Crippen molar-refractivity contribution < 1.29 is 14.6 Å². The first-order valence-corrected chi connectivity index (χ1v) is 9.01. The van der Waals surface area contributed by atoms with Crippen LogP contribution in [0, 0.1) is 13.8 Å². The third-order valence-electron chi connectivity index (χ3n) is 3.97. The summed E-state index contributed by atoms with van der Waals surface area (Å²) < 4.78 is 7.44. The maximum Gasteiger partial charge on any atom is 0.169 e. The van der Waals surface area contributed by atoms with Crippen LogP contribution in [0.3, 0.4) is 0 Å². The number of benzene rings is 2. The molecule has 0 fully saturated rings. The van der Waals surface area contributed by atoms with Gasteiger partial charge in [-0.2, -0.15) is 0 Å². The number of fused-ring (bicyclic) bond motifs is 1. The number of nitrogens with zero attached hydrogens (tertiary/aromatic N) is 2. The van der Waals surface area contributed by atoms with E-state index < -0.39 is 5.97 Å². The molecule has 130 valence electrons. The molecule has 0 aliphatic rings. The maximum atomic E-state index is 11.0. The third-order valence-corrected chi connectivity index (χ3v) is 4.91. The molecular weight excluding hydrogens is 336 g/mol. The molecule has 0 aliphatic carbocycles. The number of carbonyl (C=O) groups is 1. The molecule has 0 saturated heterocycles. The van der Waals surface area contributed by atoms with Crippen LogP contribution in [0.1, 0.15) is 11.1 Å². The number of carboxylic acids is 1. The number of hydrogen-bond acceptors (Lipinski definition) is 5. The monoisotopic (exact) mass is 355 g/mol. The topological polar surface area (TPSA) is 67.2 Å². The number of aryl methyl sites for hydroxylation is 2. The van der Waals surface area contributed by atoms with Crippen LogP contribution in [0.25, 0.3) is 11.0 Å². The average molecular weight is 355 g/mol. The van der Waals surface area contributed by atoms with Gasteiger partial charge in [0.25, 0.3) is 0 Å². The fourth-order valence-electron chi connectivity index (χ4n) is 2.54. The Hall–Kier alpha value is -2.47. The van der Waals surface area contributed by atoms with E-state index in [1.165, 1.54) is 22.9 Å². The zero-order valence-electron chi connectivity index (χ0n) is 14.2. The van der Waals surface area contributed by atoms with Gasteiger partial charge in [0.2, 0.25) is 0 Å². The first kappa shape index (κ1) is 17.4. The molecule has 0 amide bonds. The number of ether oxygens (including phenoxy) is 1. The van der Waals surface area contributed by atoms with E-state index in [0.29, 0.717) is 17.5 Å². The van der Waals surface area contributed by atoms with E-state index in [1.807, 2.05) is 42.5 Å². The molecule has 25 heavy (non-hydrogen) atoms. The molecule has 0 unspecified atom stereocenters. The van der Waals surface area contributed by atoms with Crippen LogP contribution < -0.4 is 9.84 Å². The molecule has 3 rings (SSSR count). The van der Waals surface area contributed by atoms with Crippen LogP contribution in [-0.4, -0.2) is 27.9 Å². The van der Waals surface area contributed by atoms with Crippen molar-refractivity contribution >= 4 is 28.8 Å². The Bertz CT molecular complexity index is 905. The van der Waals surface area contributed by atoms with Crippen LogP contribution in [0.15, 0.2) is 47.6 Å². The molecular formula is C19H19N2O3S-. The van der Waals surface area contributed by atoms with Gasteiger partial charge in [-0.15, -0.1) is 0 Å². The minimum absolute atomic E-state index is 0.207. The van der Waals surface area contributed by atoms with Crippen LogP contribution >= 0.6 is 11.8 Å². The Morgan fingerprint density at radius 2 is 2.00 bits per heavy atom. The number of carboxylic acid groups (broad SMARTS) is 1. The lowest BCUT2D eigenvalue weighted by molar-refractivity contribution is -0.306. The lowest BCUT2D eigenvalue weighted by Gasteiger charge is -2.10. The van der Waals surface area contributed by atoms with Crippen LogP contribution in [-0.2, 0) is 11.3 Å². The molecule has 5 nitrogen and oxygen atoms in total. The van der Waals surface area contributed by atoms with E-state index in [2.05, 4.69) is 18.8 Å². The van der Waals surface area contributed by atoms with Gasteiger partial charge in [0.05, 0.1) is 30.2 Å². The minimum atomic E-state index is -1.13. The fourth-order valence-corrected chi connectivity index (χ4v) is 3.37. The predicted octanol–water partition coefficient (Wildman–Crippen LogP) is 2.57. The van der Waals surface area contributed by atoms with Crippen LogP contribution in [0.4, 0.5) is 0 Å². The number of aromatic nitrogens is 2. The van der Waals surface area contributed by atoms with Crippen molar-refractivity contribution in [1.29, 1.82) is 0 Å². The largest absolute Gasteiger partial charge is 0.548 e. The Kier molecular flexibility index (Phi) is 5.28. The number of imidazole rings is 1. The van der Waals surface area contributed by atoms with E-state index in [-0.39, 0.29) is 6.54 Å². The van der Waals surface area contributed by atoms with E-state index in [1.54, 1.807) is 4.57 Å². The number of carbonyl (C=O) groups excluding carboxylic acids is 1. The van der Waals surface area contributed by atoms with E-state index in [0.717, 1.165) is 16.8 Å². The zero-order valence-corrected chi connectivity index (χ0v) is 15.0. The molecule has 0 atom stereocenters. The van der Waals surface area contributed by atoms with Gasteiger partial charge in [0.1, 0.15) is 5.75 Å². The van der Waals surface area contributed by atoms with Crippen molar-refractivity contribution in [3.05, 3.63) is 53.6 Å². The van der Waals surface area contributed by atoms with Crippen LogP contribution in [0.5, 0.6) is 5.75 Å². The van der Waals surface area contributed by atoms with Crippen molar-refractivity contribution in [2.45, 2.75) is 25.5 Å². The molecule has 0 radical (unpaired) electrons. The van der Waals surface area contributed by atoms with Crippen LogP contribution in [0.2, 0.25) is 0 Å². The van der Waals surface area contributed by atoms with Crippen molar-refractivity contribution in [1.82, 2.24) is 9.55 Å². The predicted molar refractivity (Wildman–Crippen MR) is 96.9 cm³/mol. The van der Waals surface area contributed by atoms with Crippen molar-refractivity contribution in [2.24, 2.45) is 0 Å². The second-order valence-corrected chi connectivity index (χ2v) is 6.85. The molecule has 6 heteroatoms. The lowest BCUT2D eigenvalue weighted by atomic mass is 10.1. The summed E-state index contributed by atoms with van der Waals surface area (Å²) in [7, 11) is 0. The third kappa shape index (κ3) is 4.14.